The van der Waals surface area contributed by atoms with Crippen LogP contribution in [0.5, 0.6) is 23.0 Å². The van der Waals surface area contributed by atoms with Crippen molar-refractivity contribution in [2.75, 3.05) is 51.2 Å². The number of ether oxygens (including phenoxy) is 4. The van der Waals surface area contributed by atoms with Crippen LogP contribution in [0.2, 0.25) is 0 Å². The number of carbonyl (C=O) groups is 2. The maximum Gasteiger partial charge on any atom is 0.319 e. The standard InChI is InChI=1S/C23H29N3O6/c1-5-32-18-8-6-17(7-9-18)26-14-15(10-21(26)27)13-24-23(28)25-16-11-19(29-2)22(31-4)20(12-16)30-3/h6-9,11-12,15H,5,10,13-14H2,1-4H3,(H2,24,25,28)/t15-/m0/s1. The number of hydrogen-bond donors (Lipinski definition) is 2. The molecule has 9 nitrogen and oxygen atoms in total. The number of nitrogens with one attached hydrogen (secondary N) is 2. The van der Waals surface area contributed by atoms with E-state index in [4.69, 9.17) is 18.9 Å². The van der Waals surface area contributed by atoms with E-state index in [-0.39, 0.29) is 17.9 Å². The Morgan fingerprint density at radius 2 is 1.72 bits per heavy atom. The summed E-state index contributed by atoms with van der Waals surface area (Å²) in [4.78, 5) is 26.6. The van der Waals surface area contributed by atoms with Gasteiger partial charge in [-0.1, -0.05) is 0 Å². The zero-order valence-electron chi connectivity index (χ0n) is 18.8. The van der Waals surface area contributed by atoms with Crippen molar-refractivity contribution < 1.29 is 28.5 Å². The molecule has 1 fully saturated rings. The van der Waals surface area contributed by atoms with Crippen LogP contribution in [0.15, 0.2) is 36.4 Å². The Morgan fingerprint density at radius 3 is 2.28 bits per heavy atom. The lowest BCUT2D eigenvalue weighted by Crippen LogP contribution is -2.34. The summed E-state index contributed by atoms with van der Waals surface area (Å²) >= 11 is 0. The van der Waals surface area contributed by atoms with Crippen LogP contribution in [0.1, 0.15) is 13.3 Å². The summed E-state index contributed by atoms with van der Waals surface area (Å²) in [5, 5.41) is 5.59. The molecule has 1 aliphatic heterocycles. The highest BCUT2D eigenvalue weighted by Gasteiger charge is 2.30. The van der Waals surface area contributed by atoms with E-state index in [2.05, 4.69) is 10.6 Å². The van der Waals surface area contributed by atoms with Crippen LogP contribution >= 0.6 is 0 Å². The number of urea groups is 1. The average Bonchev–Trinajstić information content (AvgIpc) is 3.18. The van der Waals surface area contributed by atoms with Crippen molar-refractivity contribution in [2.24, 2.45) is 5.92 Å². The van der Waals surface area contributed by atoms with Crippen molar-refractivity contribution in [3.63, 3.8) is 0 Å². The molecule has 0 aromatic heterocycles. The van der Waals surface area contributed by atoms with Crippen molar-refractivity contribution >= 4 is 23.3 Å². The van der Waals surface area contributed by atoms with Gasteiger partial charge < -0.3 is 34.5 Å². The van der Waals surface area contributed by atoms with Gasteiger partial charge in [0.25, 0.3) is 0 Å². The second-order valence-corrected chi connectivity index (χ2v) is 7.25. The Balaban J connectivity index is 1.56. The lowest BCUT2D eigenvalue weighted by atomic mass is 10.1. The highest BCUT2D eigenvalue weighted by molar-refractivity contribution is 5.96. The second kappa shape index (κ2) is 10.6. The highest BCUT2D eigenvalue weighted by Crippen LogP contribution is 2.39. The normalized spacial score (nSPS) is 15.3. The Kier molecular flexibility index (Phi) is 7.64. The van der Waals surface area contributed by atoms with E-state index in [1.807, 2.05) is 31.2 Å². The van der Waals surface area contributed by atoms with Gasteiger partial charge in [-0.3, -0.25) is 4.79 Å². The van der Waals surface area contributed by atoms with E-state index >= 15 is 0 Å². The van der Waals surface area contributed by atoms with E-state index < -0.39 is 0 Å². The first-order chi connectivity index (χ1) is 15.5. The topological polar surface area (TPSA) is 98.4 Å². The molecule has 1 heterocycles. The monoisotopic (exact) mass is 443 g/mol. The zero-order valence-corrected chi connectivity index (χ0v) is 18.8. The van der Waals surface area contributed by atoms with Crippen molar-refractivity contribution in [3.8, 4) is 23.0 Å². The third-order valence-electron chi connectivity index (χ3n) is 5.14. The minimum atomic E-state index is -0.383. The van der Waals surface area contributed by atoms with Crippen molar-refractivity contribution in [1.82, 2.24) is 5.32 Å². The number of hydrogen-bond acceptors (Lipinski definition) is 6. The molecule has 0 spiro atoms. The minimum absolute atomic E-state index is 0.0137. The molecule has 3 amide bonds. The summed E-state index contributed by atoms with van der Waals surface area (Å²) in [6.45, 7) is 3.42. The van der Waals surface area contributed by atoms with Crippen LogP contribution < -0.4 is 34.5 Å². The molecule has 2 aromatic rings. The molecule has 0 radical (unpaired) electrons. The Bertz CT molecular complexity index is 922. The Labute approximate surface area is 187 Å². The molecule has 1 atom stereocenters. The smallest absolute Gasteiger partial charge is 0.319 e. The minimum Gasteiger partial charge on any atom is -0.494 e. The number of methoxy groups -OCH3 is 3. The molecule has 9 heteroatoms. The summed E-state index contributed by atoms with van der Waals surface area (Å²) in [6, 6.07) is 10.4. The summed E-state index contributed by atoms with van der Waals surface area (Å²) in [7, 11) is 4.53. The van der Waals surface area contributed by atoms with Gasteiger partial charge in [0.05, 0.1) is 33.6 Å². The molecular formula is C23H29N3O6. The van der Waals surface area contributed by atoms with Crippen LogP contribution in [-0.2, 0) is 4.79 Å². The van der Waals surface area contributed by atoms with Gasteiger partial charge in [-0.15, -0.1) is 0 Å². The van der Waals surface area contributed by atoms with Crippen LogP contribution in [0, 0.1) is 5.92 Å². The molecule has 3 rings (SSSR count). The average molecular weight is 444 g/mol. The fourth-order valence-electron chi connectivity index (χ4n) is 3.62. The molecule has 0 aliphatic carbocycles. The Hall–Kier alpha value is -3.62. The summed E-state index contributed by atoms with van der Waals surface area (Å²) in [6.07, 6.45) is 0.373. The molecule has 1 aliphatic rings. The van der Waals surface area contributed by atoms with E-state index in [1.165, 1.54) is 21.3 Å². The summed E-state index contributed by atoms with van der Waals surface area (Å²) in [5.41, 5.74) is 1.32. The number of benzene rings is 2. The molecule has 2 aromatic carbocycles. The first-order valence-corrected chi connectivity index (χ1v) is 10.4. The lowest BCUT2D eigenvalue weighted by Gasteiger charge is -2.18. The number of anilines is 2. The molecule has 0 saturated carbocycles. The molecule has 0 bridgehead atoms. The SMILES string of the molecule is CCOc1ccc(N2C[C@H](CNC(=O)Nc3cc(OC)c(OC)c(OC)c3)CC2=O)cc1. The number of nitrogens with zero attached hydrogens (tertiary/aromatic N) is 1. The summed E-state index contributed by atoms with van der Waals surface area (Å²) < 4.78 is 21.3. The molecule has 32 heavy (non-hydrogen) atoms. The van der Waals surface area contributed by atoms with Crippen LogP contribution in [0.3, 0.4) is 0 Å². The first kappa shape index (κ1) is 23.1. The van der Waals surface area contributed by atoms with Gasteiger partial charge in [0.1, 0.15) is 5.75 Å². The molecular weight excluding hydrogens is 414 g/mol. The van der Waals surface area contributed by atoms with Gasteiger partial charge in [0.15, 0.2) is 11.5 Å². The van der Waals surface area contributed by atoms with E-state index in [9.17, 15) is 9.59 Å². The molecule has 1 saturated heterocycles. The van der Waals surface area contributed by atoms with E-state index in [0.717, 1.165) is 11.4 Å². The van der Waals surface area contributed by atoms with Gasteiger partial charge in [0.2, 0.25) is 11.7 Å². The van der Waals surface area contributed by atoms with Gasteiger partial charge in [0, 0.05) is 43.2 Å². The highest BCUT2D eigenvalue weighted by atomic mass is 16.5. The maximum atomic E-state index is 12.5. The van der Waals surface area contributed by atoms with Gasteiger partial charge in [-0.2, -0.15) is 0 Å². The summed E-state index contributed by atoms with van der Waals surface area (Å²) in [5.74, 6) is 2.14. The maximum absolute atomic E-state index is 12.5. The predicted octanol–water partition coefficient (Wildman–Crippen LogP) is 3.29. The molecule has 2 N–H and O–H groups in total. The van der Waals surface area contributed by atoms with Gasteiger partial charge in [-0.05, 0) is 31.2 Å². The lowest BCUT2D eigenvalue weighted by molar-refractivity contribution is -0.117. The van der Waals surface area contributed by atoms with E-state index in [1.54, 1.807) is 17.0 Å². The fourth-order valence-corrected chi connectivity index (χ4v) is 3.62. The quantitative estimate of drug-likeness (QED) is 0.617. The van der Waals surface area contributed by atoms with Gasteiger partial charge in [-0.25, -0.2) is 4.79 Å². The van der Waals surface area contributed by atoms with E-state index in [0.29, 0.717) is 49.1 Å². The largest absolute Gasteiger partial charge is 0.494 e. The molecule has 0 unspecified atom stereocenters. The van der Waals surface area contributed by atoms with Crippen molar-refractivity contribution in [2.45, 2.75) is 13.3 Å². The predicted molar refractivity (Wildman–Crippen MR) is 121 cm³/mol. The van der Waals surface area contributed by atoms with Crippen LogP contribution in [0.25, 0.3) is 0 Å². The third kappa shape index (κ3) is 5.35. The number of carbonyl (C=O) groups excluding carboxylic acids is 2. The van der Waals surface area contributed by atoms with Crippen LogP contribution in [-0.4, -0.2) is 53.0 Å². The van der Waals surface area contributed by atoms with Crippen molar-refractivity contribution in [1.29, 1.82) is 0 Å². The second-order valence-electron chi connectivity index (χ2n) is 7.25. The Morgan fingerprint density at radius 1 is 1.06 bits per heavy atom. The zero-order chi connectivity index (χ0) is 23.1. The number of amides is 3. The van der Waals surface area contributed by atoms with Crippen LogP contribution in [0.4, 0.5) is 16.2 Å². The fraction of sp³-hybridized carbons (Fsp3) is 0.391. The number of rotatable bonds is 9. The van der Waals surface area contributed by atoms with Crippen molar-refractivity contribution in [3.05, 3.63) is 36.4 Å². The van der Waals surface area contributed by atoms with Gasteiger partial charge >= 0.3 is 6.03 Å². The molecule has 172 valence electrons. The first-order valence-electron chi connectivity index (χ1n) is 10.4. The third-order valence-corrected chi connectivity index (χ3v) is 5.14.